The summed E-state index contributed by atoms with van der Waals surface area (Å²) in [4.78, 5) is 11.9. The Morgan fingerprint density at radius 2 is 1.50 bits per heavy atom. The van der Waals surface area contributed by atoms with E-state index in [4.69, 9.17) is 4.42 Å². The molecular weight excluding hydrogens is 228 g/mol. The van der Waals surface area contributed by atoms with E-state index in [1.54, 1.807) is 6.07 Å². The summed E-state index contributed by atoms with van der Waals surface area (Å²) in [6.07, 6.45) is 0. The molecule has 0 bridgehead atoms. The molecule has 0 atom stereocenters. The number of hydrogen-bond acceptors (Lipinski definition) is 2. The first-order valence-corrected chi connectivity index (χ1v) is 5.43. The van der Waals surface area contributed by atoms with Crippen LogP contribution in [0.2, 0.25) is 0 Å². The lowest BCUT2D eigenvalue weighted by Crippen LogP contribution is -1.99. The van der Waals surface area contributed by atoms with Gasteiger partial charge in [0.1, 0.15) is 11.3 Å². The quantitative estimate of drug-likeness (QED) is 0.656. The van der Waals surface area contributed by atoms with Crippen LogP contribution in [0.1, 0.15) is 0 Å². The van der Waals surface area contributed by atoms with Crippen LogP contribution in [0, 0.1) is 0 Å². The minimum Gasteiger partial charge on any atom is -0.456 e. The minimum absolute atomic E-state index is 0. The standard InChI is InChI=1S/C15H10O2.H2O/c16-13-10-15(11-6-2-1-3-7-11)17-14-9-5-4-8-12(13)14;/h1-10H;1H2. The molecule has 0 fully saturated rings. The van der Waals surface area contributed by atoms with Crippen molar-refractivity contribution in [2.24, 2.45) is 0 Å². The molecule has 90 valence electrons. The van der Waals surface area contributed by atoms with Gasteiger partial charge in [-0.1, -0.05) is 42.5 Å². The van der Waals surface area contributed by atoms with Gasteiger partial charge in [-0.2, -0.15) is 0 Å². The van der Waals surface area contributed by atoms with Crippen molar-refractivity contribution in [2.75, 3.05) is 0 Å². The molecule has 0 saturated heterocycles. The van der Waals surface area contributed by atoms with Gasteiger partial charge < -0.3 is 9.89 Å². The topological polar surface area (TPSA) is 61.7 Å². The number of rotatable bonds is 1. The Morgan fingerprint density at radius 3 is 2.28 bits per heavy atom. The molecule has 3 heteroatoms. The van der Waals surface area contributed by atoms with E-state index >= 15 is 0 Å². The van der Waals surface area contributed by atoms with Gasteiger partial charge in [-0.05, 0) is 12.1 Å². The van der Waals surface area contributed by atoms with E-state index in [0.717, 1.165) is 5.56 Å². The van der Waals surface area contributed by atoms with Gasteiger partial charge in [-0.3, -0.25) is 4.79 Å². The van der Waals surface area contributed by atoms with Crippen LogP contribution in [0.25, 0.3) is 22.3 Å². The second-order valence-electron chi connectivity index (χ2n) is 3.84. The van der Waals surface area contributed by atoms with Crippen LogP contribution >= 0.6 is 0 Å². The Hall–Kier alpha value is -2.39. The first-order chi connectivity index (χ1) is 8.34. The second-order valence-corrected chi connectivity index (χ2v) is 3.84. The van der Waals surface area contributed by atoms with Crippen molar-refractivity contribution in [1.29, 1.82) is 0 Å². The smallest absolute Gasteiger partial charge is 0.193 e. The predicted octanol–water partition coefficient (Wildman–Crippen LogP) is 2.64. The number of benzene rings is 2. The monoisotopic (exact) mass is 240 g/mol. The van der Waals surface area contributed by atoms with Gasteiger partial charge in [0.15, 0.2) is 5.43 Å². The maximum atomic E-state index is 11.9. The maximum Gasteiger partial charge on any atom is 0.193 e. The van der Waals surface area contributed by atoms with Crippen LogP contribution in [0.5, 0.6) is 0 Å². The number of fused-ring (bicyclic) bond motifs is 1. The summed E-state index contributed by atoms with van der Waals surface area (Å²) < 4.78 is 5.73. The van der Waals surface area contributed by atoms with Gasteiger partial charge in [0.2, 0.25) is 0 Å². The molecule has 3 nitrogen and oxygen atoms in total. The SMILES string of the molecule is O.O=c1cc(-c2ccccc2)oc2ccccc12. The fourth-order valence-electron chi connectivity index (χ4n) is 1.85. The highest BCUT2D eigenvalue weighted by Gasteiger charge is 2.05. The van der Waals surface area contributed by atoms with Crippen LogP contribution < -0.4 is 5.43 Å². The first-order valence-electron chi connectivity index (χ1n) is 5.43. The van der Waals surface area contributed by atoms with E-state index in [1.165, 1.54) is 6.07 Å². The molecular formula is C15H12O3. The fourth-order valence-corrected chi connectivity index (χ4v) is 1.85. The lowest BCUT2D eigenvalue weighted by Gasteiger charge is -2.02. The highest BCUT2D eigenvalue weighted by atomic mass is 16.3. The average molecular weight is 240 g/mol. The van der Waals surface area contributed by atoms with Gasteiger partial charge >= 0.3 is 0 Å². The Bertz CT molecular complexity index is 714. The fraction of sp³-hybridized carbons (Fsp3) is 0. The zero-order valence-electron chi connectivity index (χ0n) is 9.59. The zero-order valence-corrected chi connectivity index (χ0v) is 9.59. The van der Waals surface area contributed by atoms with Gasteiger partial charge in [0.25, 0.3) is 0 Å². The molecule has 3 aromatic rings. The molecule has 0 aliphatic rings. The Morgan fingerprint density at radius 1 is 0.833 bits per heavy atom. The molecule has 1 heterocycles. The third-order valence-corrected chi connectivity index (χ3v) is 2.69. The van der Waals surface area contributed by atoms with Crippen molar-refractivity contribution >= 4 is 11.0 Å². The van der Waals surface area contributed by atoms with E-state index < -0.39 is 0 Å². The minimum atomic E-state index is -0.00861. The van der Waals surface area contributed by atoms with Gasteiger partial charge in [-0.25, -0.2) is 0 Å². The third kappa shape index (κ3) is 2.04. The van der Waals surface area contributed by atoms with Gasteiger partial charge in [0, 0.05) is 11.6 Å². The van der Waals surface area contributed by atoms with E-state index in [1.807, 2.05) is 48.5 Å². The average Bonchev–Trinajstić information content (AvgIpc) is 2.40. The highest BCUT2D eigenvalue weighted by Crippen LogP contribution is 2.21. The van der Waals surface area contributed by atoms with Crippen molar-refractivity contribution in [3.05, 3.63) is 70.9 Å². The molecule has 2 aromatic carbocycles. The van der Waals surface area contributed by atoms with Crippen LogP contribution in [-0.4, -0.2) is 5.48 Å². The summed E-state index contributed by atoms with van der Waals surface area (Å²) in [6.45, 7) is 0. The van der Waals surface area contributed by atoms with Crippen molar-refractivity contribution in [3.63, 3.8) is 0 Å². The van der Waals surface area contributed by atoms with Crippen LogP contribution in [-0.2, 0) is 0 Å². The zero-order chi connectivity index (χ0) is 11.7. The molecule has 1 aromatic heterocycles. The van der Waals surface area contributed by atoms with Crippen LogP contribution in [0.4, 0.5) is 0 Å². The van der Waals surface area contributed by atoms with E-state index in [0.29, 0.717) is 16.7 Å². The third-order valence-electron chi connectivity index (χ3n) is 2.69. The maximum absolute atomic E-state index is 11.9. The molecule has 0 amide bonds. The lowest BCUT2D eigenvalue weighted by molar-refractivity contribution is 0.619. The molecule has 0 aliphatic heterocycles. The second kappa shape index (κ2) is 4.85. The van der Waals surface area contributed by atoms with Gasteiger partial charge in [-0.15, -0.1) is 0 Å². The largest absolute Gasteiger partial charge is 0.456 e. The normalized spacial score (nSPS) is 10.0. The molecule has 0 spiro atoms. The van der Waals surface area contributed by atoms with Crippen LogP contribution in [0.15, 0.2) is 69.9 Å². The summed E-state index contributed by atoms with van der Waals surface area (Å²) in [6, 6.07) is 18.4. The molecule has 0 aliphatic carbocycles. The van der Waals surface area contributed by atoms with E-state index in [2.05, 4.69) is 0 Å². The number of para-hydroxylation sites is 1. The first kappa shape index (κ1) is 12.1. The van der Waals surface area contributed by atoms with E-state index in [-0.39, 0.29) is 10.9 Å². The van der Waals surface area contributed by atoms with Crippen molar-refractivity contribution < 1.29 is 9.89 Å². The van der Waals surface area contributed by atoms with Crippen molar-refractivity contribution in [2.45, 2.75) is 0 Å². The van der Waals surface area contributed by atoms with Gasteiger partial charge in [0.05, 0.1) is 5.39 Å². The van der Waals surface area contributed by atoms with E-state index in [9.17, 15) is 4.79 Å². The Balaban J connectivity index is 0.00000120. The van der Waals surface area contributed by atoms with Crippen LogP contribution in [0.3, 0.4) is 0 Å². The van der Waals surface area contributed by atoms with Crippen molar-refractivity contribution in [3.8, 4) is 11.3 Å². The predicted molar refractivity (Wildman–Crippen MR) is 71.5 cm³/mol. The highest BCUT2D eigenvalue weighted by molar-refractivity contribution is 5.78. The summed E-state index contributed by atoms with van der Waals surface area (Å²) in [5.74, 6) is 0.606. The molecule has 3 rings (SSSR count). The number of hydrogen-bond donors (Lipinski definition) is 0. The summed E-state index contributed by atoms with van der Waals surface area (Å²) in [5, 5.41) is 0.618. The molecule has 18 heavy (non-hydrogen) atoms. The molecule has 0 radical (unpaired) electrons. The molecule has 0 unspecified atom stereocenters. The summed E-state index contributed by atoms with van der Waals surface area (Å²) in [7, 11) is 0. The summed E-state index contributed by atoms with van der Waals surface area (Å²) >= 11 is 0. The molecule has 0 saturated carbocycles. The Kier molecular flexibility index (Phi) is 3.26. The van der Waals surface area contributed by atoms with Crippen molar-refractivity contribution in [1.82, 2.24) is 0 Å². The summed E-state index contributed by atoms with van der Waals surface area (Å²) in [5.41, 5.74) is 1.53. The molecule has 2 N–H and O–H groups in total. The Labute approximate surface area is 104 Å². The lowest BCUT2D eigenvalue weighted by atomic mass is 10.1.